The molecule has 0 aliphatic rings. The van der Waals surface area contributed by atoms with E-state index in [4.69, 9.17) is 5.21 Å². The van der Waals surface area contributed by atoms with Crippen LogP contribution in [0.25, 0.3) is 0 Å². The van der Waals surface area contributed by atoms with E-state index in [1.165, 1.54) is 0 Å². The fraction of sp³-hybridized carbons (Fsp3) is 0.364. The highest BCUT2D eigenvalue weighted by Gasteiger charge is 2.08. The summed E-state index contributed by atoms with van der Waals surface area (Å²) < 4.78 is 0. The van der Waals surface area contributed by atoms with Crippen molar-refractivity contribution in [2.75, 3.05) is 0 Å². The van der Waals surface area contributed by atoms with Gasteiger partial charge in [-0.1, -0.05) is 24.6 Å². The van der Waals surface area contributed by atoms with Crippen LogP contribution >= 0.6 is 0 Å². The van der Waals surface area contributed by atoms with Crippen molar-refractivity contribution < 1.29 is 10.3 Å². The number of benzene rings is 1. The molecule has 0 aliphatic carbocycles. The van der Waals surface area contributed by atoms with Gasteiger partial charge in [0.05, 0.1) is 5.71 Å². The third-order valence-electron chi connectivity index (χ3n) is 2.07. The van der Waals surface area contributed by atoms with Crippen molar-refractivity contribution in [3.05, 3.63) is 29.3 Å². The van der Waals surface area contributed by atoms with Gasteiger partial charge in [-0.15, -0.1) is 0 Å². The maximum absolute atomic E-state index is 9.63. The summed E-state index contributed by atoms with van der Waals surface area (Å²) in [6.45, 7) is 3.90. The number of oxime groups is 1. The molecule has 0 bridgehead atoms. The summed E-state index contributed by atoms with van der Waals surface area (Å²) in [5.74, 6) is 0.172. The van der Waals surface area contributed by atoms with Crippen molar-refractivity contribution >= 4 is 5.71 Å². The van der Waals surface area contributed by atoms with E-state index in [2.05, 4.69) is 5.16 Å². The Hall–Kier alpha value is -1.51. The van der Waals surface area contributed by atoms with Gasteiger partial charge in [0, 0.05) is 5.56 Å². The minimum Gasteiger partial charge on any atom is -0.507 e. The molecule has 0 atom stereocenters. The molecule has 0 heterocycles. The zero-order valence-electron chi connectivity index (χ0n) is 8.49. The highest BCUT2D eigenvalue weighted by Crippen LogP contribution is 2.20. The Labute approximate surface area is 83.7 Å². The van der Waals surface area contributed by atoms with Gasteiger partial charge in [0.2, 0.25) is 0 Å². The van der Waals surface area contributed by atoms with Crippen LogP contribution in [0, 0.1) is 6.92 Å². The lowest BCUT2D eigenvalue weighted by Crippen LogP contribution is -2.00. The lowest BCUT2D eigenvalue weighted by molar-refractivity contribution is 0.317. The van der Waals surface area contributed by atoms with E-state index in [1.807, 2.05) is 19.9 Å². The standard InChI is InChI=1S/C11H15NO2/c1-3-4-10(12-14)9-6-5-8(2)7-11(9)13/h5-7,13-14H,3-4H2,1-2H3/b12-10+. The van der Waals surface area contributed by atoms with Gasteiger partial charge < -0.3 is 10.3 Å². The third-order valence-corrected chi connectivity index (χ3v) is 2.07. The van der Waals surface area contributed by atoms with Crippen molar-refractivity contribution in [1.82, 2.24) is 0 Å². The highest BCUT2D eigenvalue weighted by molar-refractivity contribution is 6.02. The second-order valence-electron chi connectivity index (χ2n) is 3.32. The fourth-order valence-electron chi connectivity index (χ4n) is 1.36. The summed E-state index contributed by atoms with van der Waals surface area (Å²) in [4.78, 5) is 0. The number of aryl methyl sites for hydroxylation is 1. The Bertz CT molecular complexity index is 345. The SMILES string of the molecule is CCC/C(=N\O)c1ccc(C)cc1O. The smallest absolute Gasteiger partial charge is 0.125 e. The normalized spacial score (nSPS) is 11.7. The first-order chi connectivity index (χ1) is 6.69. The van der Waals surface area contributed by atoms with E-state index < -0.39 is 0 Å². The van der Waals surface area contributed by atoms with Crippen molar-refractivity contribution in [2.45, 2.75) is 26.7 Å². The van der Waals surface area contributed by atoms with E-state index in [1.54, 1.807) is 12.1 Å². The van der Waals surface area contributed by atoms with Gasteiger partial charge in [-0.05, 0) is 31.0 Å². The Morgan fingerprint density at radius 2 is 2.14 bits per heavy atom. The molecule has 1 aromatic carbocycles. The Balaban J connectivity index is 3.05. The summed E-state index contributed by atoms with van der Waals surface area (Å²) in [6.07, 6.45) is 1.54. The average Bonchev–Trinajstić information content (AvgIpc) is 2.15. The predicted molar refractivity (Wildman–Crippen MR) is 56.1 cm³/mol. The van der Waals surface area contributed by atoms with Gasteiger partial charge in [-0.3, -0.25) is 0 Å². The van der Waals surface area contributed by atoms with Gasteiger partial charge >= 0.3 is 0 Å². The molecule has 3 nitrogen and oxygen atoms in total. The van der Waals surface area contributed by atoms with Crippen LogP contribution in [0.15, 0.2) is 23.4 Å². The third kappa shape index (κ3) is 2.25. The second-order valence-corrected chi connectivity index (χ2v) is 3.32. The van der Waals surface area contributed by atoms with Crippen LogP contribution in [-0.4, -0.2) is 16.0 Å². The van der Waals surface area contributed by atoms with Crippen LogP contribution in [0.3, 0.4) is 0 Å². The van der Waals surface area contributed by atoms with E-state index in [0.29, 0.717) is 17.7 Å². The Kier molecular flexibility index (Phi) is 3.51. The predicted octanol–water partition coefficient (Wildman–Crippen LogP) is 2.68. The summed E-state index contributed by atoms with van der Waals surface area (Å²) in [7, 11) is 0. The Morgan fingerprint density at radius 3 is 2.64 bits per heavy atom. The van der Waals surface area contributed by atoms with Crippen molar-refractivity contribution in [3.8, 4) is 5.75 Å². The Morgan fingerprint density at radius 1 is 1.43 bits per heavy atom. The molecule has 0 saturated carbocycles. The molecule has 0 saturated heterocycles. The summed E-state index contributed by atoms with van der Waals surface area (Å²) in [6, 6.07) is 5.32. The van der Waals surface area contributed by atoms with Gasteiger partial charge in [0.25, 0.3) is 0 Å². The molecule has 0 spiro atoms. The summed E-state index contributed by atoms with van der Waals surface area (Å²) in [5, 5.41) is 21.6. The molecule has 76 valence electrons. The maximum atomic E-state index is 9.63. The van der Waals surface area contributed by atoms with E-state index in [-0.39, 0.29) is 5.75 Å². The minimum absolute atomic E-state index is 0.172. The van der Waals surface area contributed by atoms with Gasteiger partial charge in [-0.2, -0.15) is 0 Å². The van der Waals surface area contributed by atoms with Crippen molar-refractivity contribution in [3.63, 3.8) is 0 Å². The molecular weight excluding hydrogens is 178 g/mol. The molecule has 0 unspecified atom stereocenters. The van der Waals surface area contributed by atoms with Crippen LogP contribution < -0.4 is 0 Å². The lowest BCUT2D eigenvalue weighted by atomic mass is 10.0. The minimum atomic E-state index is 0.172. The number of hydrogen-bond donors (Lipinski definition) is 2. The number of aromatic hydroxyl groups is 1. The van der Waals surface area contributed by atoms with Crippen LogP contribution in [0.2, 0.25) is 0 Å². The molecule has 0 fully saturated rings. The molecule has 0 amide bonds. The fourth-order valence-corrected chi connectivity index (χ4v) is 1.36. The molecule has 1 aromatic rings. The first-order valence-corrected chi connectivity index (χ1v) is 4.70. The van der Waals surface area contributed by atoms with Gasteiger partial charge in [0.1, 0.15) is 5.75 Å². The molecule has 2 N–H and O–H groups in total. The van der Waals surface area contributed by atoms with E-state index in [9.17, 15) is 5.11 Å². The second kappa shape index (κ2) is 4.65. The topological polar surface area (TPSA) is 52.8 Å². The highest BCUT2D eigenvalue weighted by atomic mass is 16.4. The quantitative estimate of drug-likeness (QED) is 0.440. The summed E-state index contributed by atoms with van der Waals surface area (Å²) in [5.41, 5.74) is 2.13. The number of phenolic OH excluding ortho intramolecular Hbond substituents is 1. The molecule has 0 radical (unpaired) electrons. The number of hydrogen-bond acceptors (Lipinski definition) is 3. The average molecular weight is 193 g/mol. The monoisotopic (exact) mass is 193 g/mol. The number of phenols is 1. The molecular formula is C11H15NO2. The molecule has 0 aromatic heterocycles. The first-order valence-electron chi connectivity index (χ1n) is 4.70. The first kappa shape index (κ1) is 10.6. The van der Waals surface area contributed by atoms with Gasteiger partial charge in [-0.25, -0.2) is 0 Å². The molecule has 0 aliphatic heterocycles. The zero-order chi connectivity index (χ0) is 10.6. The maximum Gasteiger partial charge on any atom is 0.125 e. The largest absolute Gasteiger partial charge is 0.507 e. The molecule has 1 rings (SSSR count). The van der Waals surface area contributed by atoms with Crippen LogP contribution in [0.1, 0.15) is 30.9 Å². The zero-order valence-corrected chi connectivity index (χ0v) is 8.49. The van der Waals surface area contributed by atoms with E-state index in [0.717, 1.165) is 12.0 Å². The number of rotatable bonds is 3. The van der Waals surface area contributed by atoms with Crippen LogP contribution in [-0.2, 0) is 0 Å². The van der Waals surface area contributed by atoms with Crippen molar-refractivity contribution in [2.24, 2.45) is 5.16 Å². The lowest BCUT2D eigenvalue weighted by Gasteiger charge is -2.06. The van der Waals surface area contributed by atoms with Crippen molar-refractivity contribution in [1.29, 1.82) is 0 Å². The van der Waals surface area contributed by atoms with Gasteiger partial charge in [0.15, 0.2) is 0 Å². The van der Waals surface area contributed by atoms with E-state index >= 15 is 0 Å². The summed E-state index contributed by atoms with van der Waals surface area (Å²) >= 11 is 0. The van der Waals surface area contributed by atoms with Crippen LogP contribution in [0.4, 0.5) is 0 Å². The molecule has 14 heavy (non-hydrogen) atoms. The van der Waals surface area contributed by atoms with Crippen LogP contribution in [0.5, 0.6) is 5.75 Å². The molecule has 3 heteroatoms. The number of nitrogens with zero attached hydrogens (tertiary/aromatic N) is 1.